The molecule has 0 saturated carbocycles. The third kappa shape index (κ3) is 2.98. The second kappa shape index (κ2) is 6.22. The highest BCUT2D eigenvalue weighted by molar-refractivity contribution is 6.42. The molecule has 2 rings (SSSR count). The first-order chi connectivity index (χ1) is 8.63. The van der Waals surface area contributed by atoms with E-state index in [0.717, 1.165) is 18.6 Å². The van der Waals surface area contributed by atoms with Gasteiger partial charge in [-0.3, -0.25) is 11.3 Å². The molecule has 0 aliphatic carbocycles. The Morgan fingerprint density at radius 3 is 2.89 bits per heavy atom. The lowest BCUT2D eigenvalue weighted by molar-refractivity contribution is 0.0610. The van der Waals surface area contributed by atoms with E-state index < -0.39 is 0 Å². The lowest BCUT2D eigenvalue weighted by Gasteiger charge is -2.25. The second-order valence-electron chi connectivity index (χ2n) is 4.79. The minimum absolute atomic E-state index is 0.0541. The normalized spacial score (nSPS) is 25.3. The number of hydrogen-bond donors (Lipinski definition) is 2. The number of nitrogens with one attached hydrogen (secondary N) is 1. The maximum absolute atomic E-state index is 6.20. The second-order valence-corrected chi connectivity index (χ2v) is 5.58. The summed E-state index contributed by atoms with van der Waals surface area (Å²) in [6, 6.07) is 5.71. The van der Waals surface area contributed by atoms with Crippen LogP contribution in [0, 0.1) is 5.92 Å². The molecular weight excluding hydrogens is 271 g/mol. The smallest absolute Gasteiger partial charge is 0.0771 e. The molecule has 1 aliphatic rings. The molecule has 0 bridgehead atoms. The van der Waals surface area contributed by atoms with Crippen LogP contribution in [0.5, 0.6) is 0 Å². The number of benzene rings is 1. The van der Waals surface area contributed by atoms with Crippen molar-refractivity contribution in [2.24, 2.45) is 11.8 Å². The van der Waals surface area contributed by atoms with E-state index in [1.54, 1.807) is 6.07 Å². The Morgan fingerprint density at radius 2 is 2.28 bits per heavy atom. The number of hydrogen-bond acceptors (Lipinski definition) is 3. The van der Waals surface area contributed by atoms with Crippen LogP contribution in [0.2, 0.25) is 10.0 Å². The maximum Gasteiger partial charge on any atom is 0.0771 e. The van der Waals surface area contributed by atoms with Gasteiger partial charge in [0.25, 0.3) is 0 Å². The van der Waals surface area contributed by atoms with Crippen LogP contribution in [0.4, 0.5) is 0 Å². The van der Waals surface area contributed by atoms with E-state index in [-0.39, 0.29) is 12.1 Å². The fourth-order valence-corrected chi connectivity index (χ4v) is 2.84. The lowest BCUT2D eigenvalue weighted by Crippen LogP contribution is -2.47. The molecular formula is C13H18Cl2N2O. The zero-order valence-corrected chi connectivity index (χ0v) is 11.8. The minimum atomic E-state index is 0.0541. The summed E-state index contributed by atoms with van der Waals surface area (Å²) in [5, 5.41) is 1.18. The third-order valence-electron chi connectivity index (χ3n) is 3.53. The van der Waals surface area contributed by atoms with Crippen LogP contribution >= 0.6 is 23.2 Å². The molecule has 1 fully saturated rings. The molecule has 1 aromatic rings. The topological polar surface area (TPSA) is 47.3 Å². The number of halogens is 2. The van der Waals surface area contributed by atoms with Crippen molar-refractivity contribution in [3.8, 4) is 0 Å². The van der Waals surface area contributed by atoms with Crippen LogP contribution in [0.15, 0.2) is 18.2 Å². The molecule has 0 amide bonds. The highest BCUT2D eigenvalue weighted by atomic mass is 35.5. The van der Waals surface area contributed by atoms with Crippen LogP contribution in [0.25, 0.3) is 0 Å². The van der Waals surface area contributed by atoms with Gasteiger partial charge in [0.2, 0.25) is 0 Å². The Balaban J connectivity index is 2.12. The number of hydrazine groups is 1. The van der Waals surface area contributed by atoms with Crippen LogP contribution in [0.3, 0.4) is 0 Å². The standard InChI is InChI=1S/C13H18Cl2N2O/c1-8-5-6-18-13(8)11(17-16)7-9-3-2-4-10(14)12(9)15/h2-4,8,11,13,17H,5-7,16H2,1H3. The zero-order valence-electron chi connectivity index (χ0n) is 10.3. The van der Waals surface area contributed by atoms with Gasteiger partial charge in [-0.25, -0.2) is 0 Å². The first kappa shape index (κ1) is 14.1. The highest BCUT2D eigenvalue weighted by Crippen LogP contribution is 2.29. The molecule has 0 radical (unpaired) electrons. The van der Waals surface area contributed by atoms with E-state index in [1.807, 2.05) is 12.1 Å². The zero-order chi connectivity index (χ0) is 13.1. The molecule has 3 atom stereocenters. The van der Waals surface area contributed by atoms with Gasteiger partial charge in [-0.05, 0) is 30.4 Å². The van der Waals surface area contributed by atoms with Gasteiger partial charge in [0.15, 0.2) is 0 Å². The van der Waals surface area contributed by atoms with E-state index in [1.165, 1.54) is 0 Å². The summed E-state index contributed by atoms with van der Waals surface area (Å²) in [6.45, 7) is 2.98. The van der Waals surface area contributed by atoms with E-state index in [0.29, 0.717) is 22.4 Å². The van der Waals surface area contributed by atoms with Crippen molar-refractivity contribution >= 4 is 23.2 Å². The molecule has 18 heavy (non-hydrogen) atoms. The van der Waals surface area contributed by atoms with E-state index >= 15 is 0 Å². The van der Waals surface area contributed by atoms with Crippen molar-refractivity contribution in [3.05, 3.63) is 33.8 Å². The van der Waals surface area contributed by atoms with Gasteiger partial charge in [0.1, 0.15) is 0 Å². The predicted molar refractivity (Wildman–Crippen MR) is 74.8 cm³/mol. The van der Waals surface area contributed by atoms with E-state index in [4.69, 9.17) is 33.8 Å². The third-order valence-corrected chi connectivity index (χ3v) is 4.38. The lowest BCUT2D eigenvalue weighted by atomic mass is 9.93. The van der Waals surface area contributed by atoms with Gasteiger partial charge in [0, 0.05) is 6.61 Å². The average molecular weight is 289 g/mol. The average Bonchev–Trinajstić information content (AvgIpc) is 2.77. The molecule has 100 valence electrons. The summed E-state index contributed by atoms with van der Waals surface area (Å²) < 4.78 is 5.74. The summed E-state index contributed by atoms with van der Waals surface area (Å²) in [5.41, 5.74) is 3.84. The van der Waals surface area contributed by atoms with Gasteiger partial charge in [-0.2, -0.15) is 0 Å². The monoisotopic (exact) mass is 288 g/mol. The molecule has 1 aliphatic heterocycles. The number of ether oxygens (including phenoxy) is 1. The van der Waals surface area contributed by atoms with Crippen LogP contribution in [0.1, 0.15) is 18.9 Å². The van der Waals surface area contributed by atoms with Gasteiger partial charge in [-0.15, -0.1) is 0 Å². The summed E-state index contributed by atoms with van der Waals surface area (Å²) in [7, 11) is 0. The largest absolute Gasteiger partial charge is 0.376 e. The quantitative estimate of drug-likeness (QED) is 0.662. The predicted octanol–water partition coefficient (Wildman–Crippen LogP) is 2.79. The van der Waals surface area contributed by atoms with Crippen molar-refractivity contribution in [1.82, 2.24) is 5.43 Å². The van der Waals surface area contributed by atoms with Gasteiger partial charge < -0.3 is 4.74 Å². The van der Waals surface area contributed by atoms with Gasteiger partial charge >= 0.3 is 0 Å². The Labute approximate surface area is 118 Å². The first-order valence-corrected chi connectivity index (χ1v) is 6.89. The van der Waals surface area contributed by atoms with Gasteiger partial charge in [0.05, 0.1) is 22.2 Å². The minimum Gasteiger partial charge on any atom is -0.376 e. The van der Waals surface area contributed by atoms with Crippen LogP contribution < -0.4 is 11.3 Å². The van der Waals surface area contributed by atoms with Crippen molar-refractivity contribution < 1.29 is 4.74 Å². The first-order valence-electron chi connectivity index (χ1n) is 6.14. The summed E-state index contributed by atoms with van der Waals surface area (Å²) >= 11 is 12.2. The van der Waals surface area contributed by atoms with Crippen LogP contribution in [-0.2, 0) is 11.2 Å². The molecule has 1 aromatic carbocycles. The highest BCUT2D eigenvalue weighted by Gasteiger charge is 2.31. The Morgan fingerprint density at radius 1 is 1.50 bits per heavy atom. The molecule has 0 aromatic heterocycles. The Bertz CT molecular complexity index is 414. The van der Waals surface area contributed by atoms with Crippen LogP contribution in [-0.4, -0.2) is 18.8 Å². The SMILES string of the molecule is CC1CCOC1C(Cc1cccc(Cl)c1Cl)NN. The molecule has 0 spiro atoms. The molecule has 1 heterocycles. The maximum atomic E-state index is 6.20. The fraction of sp³-hybridized carbons (Fsp3) is 0.538. The number of rotatable bonds is 4. The van der Waals surface area contributed by atoms with E-state index in [9.17, 15) is 0 Å². The van der Waals surface area contributed by atoms with Crippen molar-refractivity contribution in [1.29, 1.82) is 0 Å². The summed E-state index contributed by atoms with van der Waals surface area (Å²) in [6.07, 6.45) is 1.92. The van der Waals surface area contributed by atoms with Crippen molar-refractivity contribution in [2.45, 2.75) is 31.9 Å². The Kier molecular flexibility index (Phi) is 4.87. The number of nitrogens with two attached hydrogens (primary N) is 1. The molecule has 3 nitrogen and oxygen atoms in total. The van der Waals surface area contributed by atoms with E-state index in [2.05, 4.69) is 12.3 Å². The van der Waals surface area contributed by atoms with Gasteiger partial charge in [-0.1, -0.05) is 42.3 Å². The molecule has 3 N–H and O–H groups in total. The molecule has 1 saturated heterocycles. The summed E-state index contributed by atoms with van der Waals surface area (Å²) in [4.78, 5) is 0. The summed E-state index contributed by atoms with van der Waals surface area (Å²) in [5.74, 6) is 6.15. The fourth-order valence-electron chi connectivity index (χ4n) is 2.44. The molecule has 5 heteroatoms. The molecule has 3 unspecified atom stereocenters. The van der Waals surface area contributed by atoms with Crippen molar-refractivity contribution in [3.63, 3.8) is 0 Å². The Hall–Kier alpha value is -0.320. The van der Waals surface area contributed by atoms with Crippen molar-refractivity contribution in [2.75, 3.05) is 6.61 Å².